The second-order valence-electron chi connectivity index (χ2n) is 14.0. The third-order valence-corrected chi connectivity index (χ3v) is 13.0. The Bertz CT molecular complexity index is 3540. The van der Waals surface area contributed by atoms with E-state index in [1.807, 2.05) is 60.7 Å². The van der Waals surface area contributed by atoms with Gasteiger partial charge in [-0.2, -0.15) is 0 Å². The first kappa shape index (κ1) is 32.1. The van der Waals surface area contributed by atoms with E-state index in [1.165, 1.54) is 20.2 Å². The van der Waals surface area contributed by atoms with Gasteiger partial charge in [0.1, 0.15) is 11.2 Å². The molecule has 0 N–H and O–H groups in total. The van der Waals surface area contributed by atoms with Gasteiger partial charge in [0.15, 0.2) is 23.3 Å². The van der Waals surface area contributed by atoms with Crippen molar-refractivity contribution in [2.75, 3.05) is 0 Å². The molecule has 0 saturated heterocycles. The monoisotopic (exact) mass is 765 g/mol. The fraction of sp³-hybridized carbons (Fsp3) is 0. The Balaban J connectivity index is 1.09. The Kier molecular flexibility index (Phi) is 7.17. The number of aromatic nitrogens is 5. The standard InChI is InChI=1S/C49H27N5OS2/c1-3-14-28(15-4-1)41-45-42(32-19-8-10-27-39(32)57-45)51-47(50-41)34-22-13-25-37-40(34)33-21-12-23-35(43(33)55-37)48-52-46(29-16-5-2-6-17-29)53-49(54-48)36-24-11-20-31-30-18-7-9-26-38(30)56-44(31)36/h1-27H. The predicted octanol–water partition coefficient (Wildman–Crippen LogP) is 13.6. The first-order chi connectivity index (χ1) is 28.2. The highest BCUT2D eigenvalue weighted by Gasteiger charge is 2.23. The molecule has 0 aliphatic carbocycles. The average molecular weight is 766 g/mol. The molecule has 7 aromatic carbocycles. The molecular formula is C49H27N5OS2. The molecule has 0 fully saturated rings. The van der Waals surface area contributed by atoms with E-state index in [4.69, 9.17) is 29.3 Å². The summed E-state index contributed by atoms with van der Waals surface area (Å²) >= 11 is 3.50. The van der Waals surface area contributed by atoms with E-state index < -0.39 is 0 Å². The molecule has 0 radical (unpaired) electrons. The summed E-state index contributed by atoms with van der Waals surface area (Å²) in [5.74, 6) is 2.40. The van der Waals surface area contributed by atoms with Crippen molar-refractivity contribution in [1.29, 1.82) is 0 Å². The number of rotatable bonds is 5. The second-order valence-corrected chi connectivity index (χ2v) is 16.1. The van der Waals surface area contributed by atoms with E-state index >= 15 is 0 Å². The lowest BCUT2D eigenvalue weighted by Crippen LogP contribution is -2.00. The van der Waals surface area contributed by atoms with Crippen molar-refractivity contribution < 1.29 is 4.42 Å². The van der Waals surface area contributed by atoms with E-state index in [9.17, 15) is 0 Å². The minimum absolute atomic E-state index is 0.539. The first-order valence-electron chi connectivity index (χ1n) is 18.7. The summed E-state index contributed by atoms with van der Waals surface area (Å²) in [5.41, 5.74) is 7.91. The van der Waals surface area contributed by atoms with Crippen LogP contribution in [-0.2, 0) is 0 Å². The van der Waals surface area contributed by atoms with E-state index in [2.05, 4.69) is 103 Å². The number of hydrogen-bond donors (Lipinski definition) is 0. The van der Waals surface area contributed by atoms with Crippen molar-refractivity contribution in [3.05, 3.63) is 164 Å². The van der Waals surface area contributed by atoms with Crippen molar-refractivity contribution in [1.82, 2.24) is 24.9 Å². The highest BCUT2D eigenvalue weighted by Crippen LogP contribution is 2.44. The van der Waals surface area contributed by atoms with Gasteiger partial charge in [-0.15, -0.1) is 22.7 Å². The van der Waals surface area contributed by atoms with Crippen molar-refractivity contribution in [2.45, 2.75) is 0 Å². The Hall–Kier alpha value is -7.13. The van der Waals surface area contributed by atoms with Gasteiger partial charge in [-0.1, -0.05) is 133 Å². The fourth-order valence-electron chi connectivity index (χ4n) is 7.97. The molecule has 0 aliphatic heterocycles. The molecule has 6 nitrogen and oxygen atoms in total. The summed E-state index contributed by atoms with van der Waals surface area (Å²) in [7, 11) is 0. The molecule has 0 bridgehead atoms. The third-order valence-electron chi connectivity index (χ3n) is 10.6. The Morgan fingerprint density at radius 3 is 1.74 bits per heavy atom. The molecule has 5 heterocycles. The van der Waals surface area contributed by atoms with Crippen LogP contribution in [0.1, 0.15) is 0 Å². The Labute approximate surface area is 333 Å². The highest BCUT2D eigenvalue weighted by atomic mass is 32.1. The maximum Gasteiger partial charge on any atom is 0.167 e. The fourth-order valence-corrected chi connectivity index (χ4v) is 10.3. The van der Waals surface area contributed by atoms with Crippen LogP contribution in [0.4, 0.5) is 0 Å². The molecule has 266 valence electrons. The van der Waals surface area contributed by atoms with Gasteiger partial charge in [-0.05, 0) is 30.3 Å². The van der Waals surface area contributed by atoms with Crippen LogP contribution in [0.5, 0.6) is 0 Å². The lowest BCUT2D eigenvalue weighted by Gasteiger charge is -2.09. The van der Waals surface area contributed by atoms with Crippen LogP contribution in [0, 0.1) is 0 Å². The number of furan rings is 1. The maximum atomic E-state index is 6.81. The molecule has 12 aromatic rings. The van der Waals surface area contributed by atoms with Crippen LogP contribution in [0.3, 0.4) is 0 Å². The first-order valence-corrected chi connectivity index (χ1v) is 20.3. The number of thiophene rings is 2. The molecular weight excluding hydrogens is 739 g/mol. The zero-order valence-electron chi connectivity index (χ0n) is 30.0. The number of benzene rings is 7. The SMILES string of the molecule is c1ccc(-c2nc(-c3cccc4c3oc3cccc(-c5nc(-c6ccccc6)c6sc7ccccc7c6n5)c34)nc(-c3cccc4c3sc3ccccc34)n2)cc1. The lowest BCUT2D eigenvalue weighted by molar-refractivity contribution is 0.669. The van der Waals surface area contributed by atoms with Crippen LogP contribution < -0.4 is 0 Å². The van der Waals surface area contributed by atoms with Crippen LogP contribution in [-0.4, -0.2) is 24.9 Å². The number of nitrogens with zero attached hydrogens (tertiary/aromatic N) is 5. The maximum absolute atomic E-state index is 6.81. The van der Waals surface area contributed by atoms with Crippen LogP contribution in [0.15, 0.2) is 168 Å². The summed E-state index contributed by atoms with van der Waals surface area (Å²) in [4.78, 5) is 26.1. The van der Waals surface area contributed by atoms with E-state index in [0.29, 0.717) is 28.9 Å². The summed E-state index contributed by atoms with van der Waals surface area (Å²) in [6, 6.07) is 56.1. The van der Waals surface area contributed by atoms with Gasteiger partial charge in [0.05, 0.1) is 21.5 Å². The zero-order valence-corrected chi connectivity index (χ0v) is 31.7. The van der Waals surface area contributed by atoms with Crippen molar-refractivity contribution >= 4 is 85.1 Å². The summed E-state index contributed by atoms with van der Waals surface area (Å²) in [6.07, 6.45) is 0. The number of fused-ring (bicyclic) bond motifs is 9. The molecule has 0 saturated carbocycles. The molecule has 0 spiro atoms. The normalized spacial score (nSPS) is 11.9. The highest BCUT2D eigenvalue weighted by molar-refractivity contribution is 7.26. The quantitative estimate of drug-likeness (QED) is 0.174. The third kappa shape index (κ3) is 5.12. The second kappa shape index (κ2) is 12.7. The summed E-state index contributed by atoms with van der Waals surface area (Å²) in [5, 5.41) is 5.42. The van der Waals surface area contributed by atoms with Gasteiger partial charge in [0.25, 0.3) is 0 Å². The summed E-state index contributed by atoms with van der Waals surface area (Å²) < 4.78 is 11.4. The van der Waals surface area contributed by atoms with Gasteiger partial charge in [0, 0.05) is 63.3 Å². The van der Waals surface area contributed by atoms with Crippen LogP contribution >= 0.6 is 22.7 Å². The molecule has 5 aromatic heterocycles. The topological polar surface area (TPSA) is 77.6 Å². The average Bonchev–Trinajstić information content (AvgIpc) is 3.98. The number of para-hydroxylation sites is 1. The van der Waals surface area contributed by atoms with Crippen molar-refractivity contribution in [2.24, 2.45) is 0 Å². The van der Waals surface area contributed by atoms with Gasteiger partial charge in [0.2, 0.25) is 0 Å². The minimum atomic E-state index is 0.539. The predicted molar refractivity (Wildman–Crippen MR) is 236 cm³/mol. The van der Waals surface area contributed by atoms with E-state index in [-0.39, 0.29) is 0 Å². The van der Waals surface area contributed by atoms with Crippen LogP contribution in [0.2, 0.25) is 0 Å². The molecule has 0 amide bonds. The summed E-state index contributed by atoms with van der Waals surface area (Å²) in [6.45, 7) is 0. The Morgan fingerprint density at radius 2 is 0.930 bits per heavy atom. The number of hydrogen-bond acceptors (Lipinski definition) is 8. The molecule has 57 heavy (non-hydrogen) atoms. The zero-order chi connectivity index (χ0) is 37.5. The molecule has 0 aliphatic rings. The van der Waals surface area contributed by atoms with E-state index in [1.54, 1.807) is 22.7 Å². The van der Waals surface area contributed by atoms with Crippen molar-refractivity contribution in [3.8, 4) is 56.8 Å². The minimum Gasteiger partial charge on any atom is -0.455 e. The Morgan fingerprint density at radius 1 is 0.368 bits per heavy atom. The van der Waals surface area contributed by atoms with Crippen molar-refractivity contribution in [3.63, 3.8) is 0 Å². The van der Waals surface area contributed by atoms with E-state index in [0.717, 1.165) is 70.2 Å². The lowest BCUT2D eigenvalue weighted by atomic mass is 10.0. The molecule has 12 rings (SSSR count). The van der Waals surface area contributed by atoms with Crippen LogP contribution in [0.25, 0.3) is 119 Å². The van der Waals surface area contributed by atoms with Gasteiger partial charge < -0.3 is 4.42 Å². The molecule has 0 unspecified atom stereocenters. The largest absolute Gasteiger partial charge is 0.455 e. The van der Waals surface area contributed by atoms with Gasteiger partial charge in [-0.3, -0.25) is 0 Å². The van der Waals surface area contributed by atoms with Gasteiger partial charge in [-0.25, -0.2) is 24.9 Å². The molecule has 8 heteroatoms. The molecule has 0 atom stereocenters. The smallest absolute Gasteiger partial charge is 0.167 e. The van der Waals surface area contributed by atoms with Gasteiger partial charge >= 0.3 is 0 Å².